The number of benzene rings is 2. The maximum Gasteiger partial charge on any atom is 0.262 e. The topological polar surface area (TPSA) is 58.1 Å². The van der Waals surface area contributed by atoms with Gasteiger partial charge in [-0.05, 0) is 60.8 Å². The molecule has 0 saturated heterocycles. The standard InChI is InChI=1S/C25H25N3O2S/c29-23(27-14-12-18(13-15-27)17-6-2-1-3-7-17)19-10-11-21-22(16-19)26-25(31)28(24(21)30)20-8-4-5-9-20/h1-3,6-7,10-12,16,20H,4-5,8-9,13-15H2,(H,26,31). The fourth-order valence-corrected chi connectivity index (χ4v) is 5.15. The van der Waals surface area contributed by atoms with E-state index in [1.165, 1.54) is 11.1 Å². The van der Waals surface area contributed by atoms with Crippen LogP contribution in [0.3, 0.4) is 0 Å². The van der Waals surface area contributed by atoms with E-state index in [1.807, 2.05) is 23.1 Å². The highest BCUT2D eigenvalue weighted by atomic mass is 32.1. The lowest BCUT2D eigenvalue weighted by molar-refractivity contribution is 0.0773. The highest BCUT2D eigenvalue weighted by Crippen LogP contribution is 2.29. The molecular formula is C25H25N3O2S. The molecule has 1 aliphatic carbocycles. The Morgan fingerprint density at radius 3 is 2.55 bits per heavy atom. The van der Waals surface area contributed by atoms with Gasteiger partial charge < -0.3 is 9.88 Å². The normalized spacial score (nSPS) is 17.2. The van der Waals surface area contributed by atoms with E-state index in [-0.39, 0.29) is 17.5 Å². The first-order valence-electron chi connectivity index (χ1n) is 10.9. The molecule has 0 spiro atoms. The van der Waals surface area contributed by atoms with Crippen molar-refractivity contribution in [3.63, 3.8) is 0 Å². The van der Waals surface area contributed by atoms with Gasteiger partial charge in [-0.15, -0.1) is 0 Å². The van der Waals surface area contributed by atoms with Crippen LogP contribution in [0.1, 0.15) is 54.1 Å². The van der Waals surface area contributed by atoms with E-state index in [4.69, 9.17) is 12.2 Å². The minimum atomic E-state index is -0.0574. The Labute approximate surface area is 186 Å². The quantitative estimate of drug-likeness (QED) is 0.587. The van der Waals surface area contributed by atoms with Crippen molar-refractivity contribution in [1.29, 1.82) is 0 Å². The van der Waals surface area contributed by atoms with E-state index >= 15 is 0 Å². The Kier molecular flexibility index (Phi) is 5.32. The fraction of sp³-hybridized carbons (Fsp3) is 0.320. The van der Waals surface area contributed by atoms with Gasteiger partial charge in [0, 0.05) is 24.7 Å². The van der Waals surface area contributed by atoms with Crippen molar-refractivity contribution in [3.05, 3.63) is 80.9 Å². The molecule has 2 aliphatic rings. The minimum absolute atomic E-state index is 0.0236. The Hall–Kier alpha value is -2.99. The Morgan fingerprint density at radius 1 is 1.06 bits per heavy atom. The van der Waals surface area contributed by atoms with E-state index in [0.717, 1.165) is 32.1 Å². The average Bonchev–Trinajstić information content (AvgIpc) is 3.33. The number of nitrogens with zero attached hydrogens (tertiary/aromatic N) is 2. The predicted octanol–water partition coefficient (Wildman–Crippen LogP) is 5.10. The summed E-state index contributed by atoms with van der Waals surface area (Å²) >= 11 is 5.50. The number of rotatable bonds is 3. The van der Waals surface area contributed by atoms with Crippen molar-refractivity contribution in [2.24, 2.45) is 0 Å². The third-order valence-electron chi connectivity index (χ3n) is 6.51. The highest BCUT2D eigenvalue weighted by molar-refractivity contribution is 7.71. The van der Waals surface area contributed by atoms with Crippen molar-refractivity contribution in [3.8, 4) is 0 Å². The van der Waals surface area contributed by atoms with Crippen LogP contribution in [0.4, 0.5) is 0 Å². The first-order valence-corrected chi connectivity index (χ1v) is 11.3. The van der Waals surface area contributed by atoms with E-state index in [9.17, 15) is 9.59 Å². The molecule has 0 atom stereocenters. The maximum absolute atomic E-state index is 13.1. The lowest BCUT2D eigenvalue weighted by Gasteiger charge is -2.27. The van der Waals surface area contributed by atoms with Crippen molar-refractivity contribution < 1.29 is 4.79 Å². The van der Waals surface area contributed by atoms with Gasteiger partial charge in [-0.2, -0.15) is 0 Å². The smallest absolute Gasteiger partial charge is 0.262 e. The molecule has 5 rings (SSSR count). The number of hydrogen-bond acceptors (Lipinski definition) is 3. The third kappa shape index (κ3) is 3.76. The predicted molar refractivity (Wildman–Crippen MR) is 126 cm³/mol. The fourth-order valence-electron chi connectivity index (χ4n) is 4.81. The van der Waals surface area contributed by atoms with Crippen molar-refractivity contribution in [1.82, 2.24) is 14.5 Å². The SMILES string of the molecule is O=C(c1ccc2c(=O)n(C3CCCC3)c(=S)[nH]c2c1)N1CC=C(c2ccccc2)CC1. The second kappa shape index (κ2) is 8.27. The first kappa shape index (κ1) is 19.9. The van der Waals surface area contributed by atoms with Crippen LogP contribution >= 0.6 is 12.2 Å². The summed E-state index contributed by atoms with van der Waals surface area (Å²) in [4.78, 5) is 31.2. The van der Waals surface area contributed by atoms with Gasteiger partial charge in [0.25, 0.3) is 11.5 Å². The van der Waals surface area contributed by atoms with Gasteiger partial charge in [0.05, 0.1) is 10.9 Å². The monoisotopic (exact) mass is 431 g/mol. The summed E-state index contributed by atoms with van der Waals surface area (Å²) in [6.45, 7) is 1.26. The van der Waals surface area contributed by atoms with Gasteiger partial charge in [-0.25, -0.2) is 0 Å². The van der Waals surface area contributed by atoms with Gasteiger partial charge >= 0.3 is 0 Å². The molecule has 0 unspecified atom stereocenters. The number of fused-ring (bicyclic) bond motifs is 1. The van der Waals surface area contributed by atoms with Crippen molar-refractivity contribution in [2.75, 3.05) is 13.1 Å². The van der Waals surface area contributed by atoms with Crippen molar-refractivity contribution in [2.45, 2.75) is 38.1 Å². The van der Waals surface area contributed by atoms with Crippen LogP contribution < -0.4 is 5.56 Å². The number of nitrogens with one attached hydrogen (secondary N) is 1. The molecule has 1 aliphatic heterocycles. The van der Waals surface area contributed by atoms with Crippen LogP contribution in [0.25, 0.3) is 16.5 Å². The lowest BCUT2D eigenvalue weighted by atomic mass is 9.99. The van der Waals surface area contributed by atoms with Crippen LogP contribution in [0.5, 0.6) is 0 Å². The second-order valence-corrected chi connectivity index (χ2v) is 8.79. The zero-order chi connectivity index (χ0) is 21.4. The summed E-state index contributed by atoms with van der Waals surface area (Å²) in [5, 5.41) is 0.585. The molecule has 1 aromatic heterocycles. The molecule has 1 fully saturated rings. The molecule has 1 saturated carbocycles. The van der Waals surface area contributed by atoms with Gasteiger partial charge in [0.15, 0.2) is 4.77 Å². The average molecular weight is 432 g/mol. The Morgan fingerprint density at radius 2 is 1.84 bits per heavy atom. The highest BCUT2D eigenvalue weighted by Gasteiger charge is 2.22. The molecule has 2 heterocycles. The molecule has 1 N–H and O–H groups in total. The molecule has 6 heteroatoms. The summed E-state index contributed by atoms with van der Waals surface area (Å²) in [6, 6.07) is 15.8. The number of aromatic amines is 1. The molecule has 5 nitrogen and oxygen atoms in total. The van der Waals surface area contributed by atoms with Crippen molar-refractivity contribution >= 4 is 34.6 Å². The molecule has 0 bridgehead atoms. The summed E-state index contributed by atoms with van der Waals surface area (Å²) in [5.41, 5.74) is 3.64. The summed E-state index contributed by atoms with van der Waals surface area (Å²) in [6.07, 6.45) is 7.21. The number of carbonyl (C=O) groups excluding carboxylic acids is 1. The van der Waals surface area contributed by atoms with Crippen LogP contribution in [-0.4, -0.2) is 33.4 Å². The zero-order valence-electron chi connectivity index (χ0n) is 17.3. The van der Waals surface area contributed by atoms with Gasteiger partial charge in [0.1, 0.15) is 0 Å². The zero-order valence-corrected chi connectivity index (χ0v) is 18.2. The second-order valence-electron chi connectivity index (χ2n) is 8.40. The molecule has 2 aromatic carbocycles. The largest absolute Gasteiger partial charge is 0.335 e. The van der Waals surface area contributed by atoms with Crippen LogP contribution in [-0.2, 0) is 0 Å². The summed E-state index contributed by atoms with van der Waals surface area (Å²) < 4.78 is 2.18. The number of H-pyrrole nitrogens is 1. The summed E-state index contributed by atoms with van der Waals surface area (Å²) in [7, 11) is 0. The number of aromatic nitrogens is 2. The molecular weight excluding hydrogens is 406 g/mol. The van der Waals surface area contributed by atoms with Gasteiger partial charge in [-0.3, -0.25) is 14.2 Å². The molecule has 158 valence electrons. The summed E-state index contributed by atoms with van der Waals surface area (Å²) in [5.74, 6) is -0.0236. The van der Waals surface area contributed by atoms with E-state index in [2.05, 4.69) is 23.2 Å². The number of amides is 1. The first-order chi connectivity index (χ1) is 15.1. The van der Waals surface area contributed by atoms with E-state index in [1.54, 1.807) is 22.8 Å². The Balaban J connectivity index is 1.41. The molecule has 0 radical (unpaired) electrons. The van der Waals surface area contributed by atoms with E-state index < -0.39 is 0 Å². The molecule has 3 aromatic rings. The molecule has 31 heavy (non-hydrogen) atoms. The maximum atomic E-state index is 13.1. The van der Waals surface area contributed by atoms with Crippen LogP contribution in [0, 0.1) is 4.77 Å². The van der Waals surface area contributed by atoms with Crippen LogP contribution in [0.15, 0.2) is 59.4 Å². The van der Waals surface area contributed by atoms with E-state index in [0.29, 0.717) is 34.3 Å². The minimum Gasteiger partial charge on any atom is -0.335 e. The lowest BCUT2D eigenvalue weighted by Crippen LogP contribution is -2.34. The Bertz CT molecular complexity index is 1280. The molecule has 1 amide bonds. The number of hydrogen-bond donors (Lipinski definition) is 1. The third-order valence-corrected chi connectivity index (χ3v) is 6.81. The van der Waals surface area contributed by atoms with Gasteiger partial charge in [0.2, 0.25) is 0 Å². The van der Waals surface area contributed by atoms with Crippen LogP contribution in [0.2, 0.25) is 0 Å². The number of carbonyl (C=O) groups is 1. The van der Waals surface area contributed by atoms with Gasteiger partial charge in [-0.1, -0.05) is 49.2 Å².